The van der Waals surface area contributed by atoms with Gasteiger partial charge in [-0.3, -0.25) is 4.79 Å². The summed E-state index contributed by atoms with van der Waals surface area (Å²) in [5.74, 6) is -0.839. The zero-order valence-electron chi connectivity index (χ0n) is 11.4. The largest absolute Gasteiger partial charge is 0.379 e. The van der Waals surface area contributed by atoms with Gasteiger partial charge in [-0.1, -0.05) is 12.1 Å². The third-order valence-corrected chi connectivity index (χ3v) is 3.07. The number of amides is 1. The Kier molecular flexibility index (Phi) is 4.69. The first kappa shape index (κ1) is 15.2. The molecule has 7 nitrogen and oxygen atoms in total. The number of hydrogen-bond donors (Lipinski definition) is 4. The van der Waals surface area contributed by atoms with Crippen LogP contribution < -0.4 is 5.32 Å². The van der Waals surface area contributed by atoms with Crippen molar-refractivity contribution in [3.8, 4) is 5.69 Å². The second-order valence-corrected chi connectivity index (χ2v) is 4.63. The van der Waals surface area contributed by atoms with E-state index in [1.165, 1.54) is 0 Å². The molecule has 0 unspecified atom stereocenters. The van der Waals surface area contributed by atoms with Crippen LogP contribution in [0.2, 0.25) is 0 Å². The van der Waals surface area contributed by atoms with Crippen LogP contribution in [0.4, 0.5) is 0 Å². The van der Waals surface area contributed by atoms with Gasteiger partial charge in [-0.2, -0.15) is 5.10 Å². The highest BCUT2D eigenvalue weighted by Gasteiger charge is 2.23. The Morgan fingerprint density at radius 1 is 1.24 bits per heavy atom. The lowest BCUT2D eigenvalue weighted by molar-refractivity contribution is -0.156. The molecule has 112 valence electrons. The molecule has 1 amide bonds. The minimum absolute atomic E-state index is 0.377. The number of carbonyl (C=O) groups is 1. The second kappa shape index (κ2) is 6.49. The molecule has 0 fully saturated rings. The average molecular weight is 291 g/mol. The standard InChI is InChI=1S/C14H17N3O4/c1-9(16-13(19)12(18)14(20)21)10-3-5-11(6-4-10)17-8-2-7-15-17/h2-9,12,14,18,20-21H,1H3,(H,16,19)/t9-,12+/m1/s1. The predicted molar refractivity (Wildman–Crippen MR) is 74.4 cm³/mol. The van der Waals surface area contributed by atoms with E-state index in [2.05, 4.69) is 10.4 Å². The summed E-state index contributed by atoms with van der Waals surface area (Å²) in [6.07, 6.45) is -0.465. The molecule has 1 heterocycles. The van der Waals surface area contributed by atoms with Gasteiger partial charge in [0.2, 0.25) is 0 Å². The normalized spacial score (nSPS) is 14.0. The third kappa shape index (κ3) is 3.66. The fourth-order valence-corrected chi connectivity index (χ4v) is 1.85. The molecule has 0 bridgehead atoms. The van der Waals surface area contributed by atoms with Gasteiger partial charge >= 0.3 is 0 Å². The number of benzene rings is 1. The van der Waals surface area contributed by atoms with Gasteiger partial charge in [0.25, 0.3) is 5.91 Å². The molecule has 0 aliphatic rings. The monoisotopic (exact) mass is 291 g/mol. The molecule has 0 spiro atoms. The molecule has 21 heavy (non-hydrogen) atoms. The van der Waals surface area contributed by atoms with Gasteiger partial charge in [-0.25, -0.2) is 4.68 Å². The average Bonchev–Trinajstić information content (AvgIpc) is 3.00. The maximum absolute atomic E-state index is 11.5. The molecule has 0 radical (unpaired) electrons. The van der Waals surface area contributed by atoms with E-state index >= 15 is 0 Å². The van der Waals surface area contributed by atoms with Crippen molar-refractivity contribution >= 4 is 5.91 Å². The van der Waals surface area contributed by atoms with Crippen LogP contribution in [-0.4, -0.2) is 43.4 Å². The molecule has 2 rings (SSSR count). The number of rotatable bonds is 5. The Morgan fingerprint density at radius 3 is 2.43 bits per heavy atom. The molecule has 0 saturated carbocycles. The van der Waals surface area contributed by atoms with Crippen molar-refractivity contribution < 1.29 is 20.1 Å². The smallest absolute Gasteiger partial charge is 0.254 e. The number of nitrogens with one attached hydrogen (secondary N) is 1. The number of aromatic nitrogens is 2. The summed E-state index contributed by atoms with van der Waals surface area (Å²) in [6, 6.07) is 8.79. The van der Waals surface area contributed by atoms with E-state index in [1.54, 1.807) is 17.8 Å². The molecule has 0 saturated heterocycles. The Balaban J connectivity index is 2.03. The van der Waals surface area contributed by atoms with E-state index in [4.69, 9.17) is 10.2 Å². The van der Waals surface area contributed by atoms with Crippen LogP contribution in [0.3, 0.4) is 0 Å². The molecule has 4 N–H and O–H groups in total. The van der Waals surface area contributed by atoms with E-state index in [0.29, 0.717) is 0 Å². The van der Waals surface area contributed by atoms with Gasteiger partial charge < -0.3 is 20.6 Å². The molecule has 2 atom stereocenters. The Labute approximate surface area is 121 Å². The van der Waals surface area contributed by atoms with Crippen molar-refractivity contribution in [2.45, 2.75) is 25.4 Å². The number of carbonyl (C=O) groups excluding carboxylic acids is 1. The van der Waals surface area contributed by atoms with Crippen molar-refractivity contribution in [1.29, 1.82) is 0 Å². The summed E-state index contributed by atoms with van der Waals surface area (Å²) in [5, 5.41) is 33.4. The number of hydrogen-bond acceptors (Lipinski definition) is 5. The molecule has 1 aromatic carbocycles. The van der Waals surface area contributed by atoms with Crippen molar-refractivity contribution in [2.75, 3.05) is 0 Å². The number of aliphatic hydroxyl groups is 3. The fourth-order valence-electron chi connectivity index (χ4n) is 1.85. The van der Waals surface area contributed by atoms with Crippen LogP contribution in [0.5, 0.6) is 0 Å². The SMILES string of the molecule is C[C@@H](NC(=O)[C@H](O)C(O)O)c1ccc(-n2cccn2)cc1. The maximum atomic E-state index is 11.5. The summed E-state index contributed by atoms with van der Waals surface area (Å²) < 4.78 is 1.71. The van der Waals surface area contributed by atoms with Crippen molar-refractivity contribution in [3.63, 3.8) is 0 Å². The van der Waals surface area contributed by atoms with Gasteiger partial charge in [0.05, 0.1) is 11.7 Å². The fraction of sp³-hybridized carbons (Fsp3) is 0.286. The Bertz CT molecular complexity index is 581. The lowest BCUT2D eigenvalue weighted by Gasteiger charge is -2.18. The van der Waals surface area contributed by atoms with E-state index in [0.717, 1.165) is 11.3 Å². The molecule has 1 aromatic heterocycles. The van der Waals surface area contributed by atoms with Crippen molar-refractivity contribution in [3.05, 3.63) is 48.3 Å². The van der Waals surface area contributed by atoms with E-state index < -0.39 is 18.3 Å². The summed E-state index contributed by atoms with van der Waals surface area (Å²) in [6.45, 7) is 1.73. The van der Waals surface area contributed by atoms with Crippen molar-refractivity contribution in [1.82, 2.24) is 15.1 Å². The maximum Gasteiger partial charge on any atom is 0.254 e. The van der Waals surface area contributed by atoms with Crippen LogP contribution >= 0.6 is 0 Å². The molecule has 0 aliphatic carbocycles. The highest BCUT2D eigenvalue weighted by molar-refractivity contribution is 5.81. The van der Waals surface area contributed by atoms with E-state index in [-0.39, 0.29) is 6.04 Å². The molecular formula is C14H17N3O4. The first-order chi connectivity index (χ1) is 9.99. The first-order valence-corrected chi connectivity index (χ1v) is 6.43. The van der Waals surface area contributed by atoms with E-state index in [9.17, 15) is 9.90 Å². The highest BCUT2D eigenvalue weighted by Crippen LogP contribution is 2.15. The van der Waals surface area contributed by atoms with Crippen molar-refractivity contribution in [2.24, 2.45) is 0 Å². The van der Waals surface area contributed by atoms with Crippen LogP contribution in [0.1, 0.15) is 18.5 Å². The minimum Gasteiger partial charge on any atom is -0.379 e. The lowest BCUT2D eigenvalue weighted by Crippen LogP contribution is -2.42. The van der Waals surface area contributed by atoms with Crippen LogP contribution in [0.15, 0.2) is 42.7 Å². The third-order valence-electron chi connectivity index (χ3n) is 3.07. The number of aliphatic hydroxyl groups excluding tert-OH is 2. The first-order valence-electron chi connectivity index (χ1n) is 6.43. The van der Waals surface area contributed by atoms with Gasteiger partial charge in [-0.15, -0.1) is 0 Å². The summed E-state index contributed by atoms with van der Waals surface area (Å²) in [5.41, 5.74) is 1.70. The quantitative estimate of drug-likeness (QED) is 0.567. The molecular weight excluding hydrogens is 274 g/mol. The zero-order valence-corrected chi connectivity index (χ0v) is 11.4. The Hall–Kier alpha value is -2.22. The Morgan fingerprint density at radius 2 is 1.90 bits per heavy atom. The molecule has 2 aromatic rings. The predicted octanol–water partition coefficient (Wildman–Crippen LogP) is -0.279. The summed E-state index contributed by atoms with van der Waals surface area (Å²) in [4.78, 5) is 11.5. The van der Waals surface area contributed by atoms with Gasteiger partial charge in [-0.05, 0) is 30.7 Å². The summed E-state index contributed by atoms with van der Waals surface area (Å²) in [7, 11) is 0. The topological polar surface area (TPSA) is 108 Å². The second-order valence-electron chi connectivity index (χ2n) is 4.63. The van der Waals surface area contributed by atoms with Crippen LogP contribution in [0.25, 0.3) is 5.69 Å². The zero-order chi connectivity index (χ0) is 15.4. The minimum atomic E-state index is -2.10. The van der Waals surface area contributed by atoms with Crippen LogP contribution in [-0.2, 0) is 4.79 Å². The summed E-state index contributed by atoms with van der Waals surface area (Å²) >= 11 is 0. The van der Waals surface area contributed by atoms with Gasteiger partial charge in [0.15, 0.2) is 12.4 Å². The number of nitrogens with zero attached hydrogens (tertiary/aromatic N) is 2. The van der Waals surface area contributed by atoms with Gasteiger partial charge in [0, 0.05) is 12.4 Å². The van der Waals surface area contributed by atoms with E-state index in [1.807, 2.05) is 36.5 Å². The van der Waals surface area contributed by atoms with Gasteiger partial charge in [0.1, 0.15) is 0 Å². The molecule has 7 heteroatoms. The molecule has 0 aliphatic heterocycles. The van der Waals surface area contributed by atoms with Crippen LogP contribution in [0, 0.1) is 0 Å². The lowest BCUT2D eigenvalue weighted by atomic mass is 10.1. The highest BCUT2D eigenvalue weighted by atomic mass is 16.5.